The van der Waals surface area contributed by atoms with Gasteiger partial charge in [0, 0.05) is 40.8 Å². The molecule has 0 unspecified atom stereocenters. The van der Waals surface area contributed by atoms with Crippen LogP contribution in [0, 0.1) is 0 Å². The van der Waals surface area contributed by atoms with E-state index in [1.165, 1.54) is 48.6 Å². The molecule has 11 aromatic rings. The summed E-state index contributed by atoms with van der Waals surface area (Å²) in [5.74, 6) is 2.18. The van der Waals surface area contributed by atoms with Crippen molar-refractivity contribution < 1.29 is 11.6 Å². The molecule has 0 atom stereocenters. The number of anilines is 7. The van der Waals surface area contributed by atoms with Crippen molar-refractivity contribution in [1.82, 2.24) is 4.98 Å². The van der Waals surface area contributed by atoms with Crippen molar-refractivity contribution in [2.45, 2.75) is 105 Å². The van der Waals surface area contributed by atoms with E-state index >= 15 is 0 Å². The molecule has 1 aromatic heterocycles. The van der Waals surface area contributed by atoms with Crippen molar-refractivity contribution >= 4 is 68.8 Å². The van der Waals surface area contributed by atoms with Gasteiger partial charge in [-0.05, 0) is 153 Å². The molecule has 0 bridgehead atoms. The molecule has 3 aliphatic rings. The maximum atomic E-state index is 9.41. The normalized spacial score (nSPS) is 14.9. The summed E-state index contributed by atoms with van der Waals surface area (Å²) in [7, 11) is -3.08. The molecular formula is C82H78N4OSi. The summed E-state index contributed by atoms with van der Waals surface area (Å²) in [6.45, 7) is 27.6. The standard InChI is InChI=1S/C82H78N4OSi/c1-79(2,3)58-37-40-73-67(48-58)68-49-59(80(4,5)6)38-41-74(68)88(73)75-36-22-21-35-71(75)86(77-50-60(43-44-83-77)81(7,8)9)72-52-64(39-42-76(72)88)87-63-30-23-29-62(51-63)84-53-85(70-34-20-19-33-69(70)84)78-65(55-27-17-14-18-28-55)31-24-32-66(78)57-45-56(54-25-15-13-16-26-54)46-61(47-57)82(10,11)12/h13-52H,53H2,1-12H3/i14D,17D,18D,27D,28D. The third kappa shape index (κ3) is 9.64. The molecule has 0 amide bonds. The molecule has 0 saturated heterocycles. The van der Waals surface area contributed by atoms with Crippen molar-refractivity contribution in [3.63, 3.8) is 0 Å². The Labute approximate surface area is 529 Å². The Morgan fingerprint density at radius 3 is 1.59 bits per heavy atom. The van der Waals surface area contributed by atoms with Gasteiger partial charge in [0.1, 0.15) is 24.0 Å². The summed E-state index contributed by atoms with van der Waals surface area (Å²) >= 11 is 0. The molecule has 0 fully saturated rings. The van der Waals surface area contributed by atoms with Crippen molar-refractivity contribution in [2.75, 3.05) is 21.4 Å². The number of fused-ring (bicyclic) bond motifs is 10. The minimum Gasteiger partial charge on any atom is -0.457 e. The maximum absolute atomic E-state index is 9.41. The van der Waals surface area contributed by atoms with Gasteiger partial charge in [0.05, 0.1) is 29.6 Å². The van der Waals surface area contributed by atoms with Gasteiger partial charge in [0.15, 0.2) is 8.07 Å². The topological polar surface area (TPSA) is 31.8 Å². The van der Waals surface area contributed by atoms with E-state index in [9.17, 15) is 2.74 Å². The third-order valence-electron chi connectivity index (χ3n) is 18.3. The van der Waals surface area contributed by atoms with Crippen LogP contribution < -0.4 is 40.2 Å². The van der Waals surface area contributed by atoms with Gasteiger partial charge in [-0.15, -0.1) is 0 Å². The average Bonchev–Trinajstić information content (AvgIpc) is 0.930. The highest BCUT2D eigenvalue weighted by atomic mass is 28.3. The van der Waals surface area contributed by atoms with Gasteiger partial charge >= 0.3 is 0 Å². The van der Waals surface area contributed by atoms with Crippen molar-refractivity contribution in [3.8, 4) is 56.0 Å². The minimum absolute atomic E-state index is 0.0581. The first kappa shape index (κ1) is 50.9. The highest BCUT2D eigenvalue weighted by Crippen LogP contribution is 2.52. The molecule has 4 heterocycles. The smallest absolute Gasteiger partial charge is 0.185 e. The monoisotopic (exact) mass is 1170 g/mol. The molecule has 1 spiro atoms. The number of benzene rings is 10. The lowest BCUT2D eigenvalue weighted by molar-refractivity contribution is 0.483. The van der Waals surface area contributed by atoms with Crippen LogP contribution in [0.5, 0.6) is 11.5 Å². The molecule has 14 rings (SSSR count). The fraction of sp³-hybridized carbons (Fsp3) is 0.207. The van der Waals surface area contributed by atoms with Crippen molar-refractivity contribution in [3.05, 3.63) is 265 Å². The fourth-order valence-corrected chi connectivity index (χ4v) is 19.0. The second kappa shape index (κ2) is 21.0. The van der Waals surface area contributed by atoms with Crippen LogP contribution in [-0.4, -0.2) is 19.7 Å². The maximum Gasteiger partial charge on any atom is 0.185 e. The van der Waals surface area contributed by atoms with E-state index in [-0.39, 0.29) is 51.4 Å². The zero-order valence-corrected chi connectivity index (χ0v) is 53.6. The molecule has 6 heteroatoms. The molecule has 0 N–H and O–H groups in total. The molecule has 88 heavy (non-hydrogen) atoms. The Kier molecular flexibility index (Phi) is 12.1. The molecular weight excluding hydrogens is 1090 g/mol. The van der Waals surface area contributed by atoms with Crippen molar-refractivity contribution in [2.24, 2.45) is 0 Å². The van der Waals surface area contributed by atoms with Crippen LogP contribution in [0.3, 0.4) is 0 Å². The van der Waals surface area contributed by atoms with E-state index in [1.54, 1.807) is 0 Å². The van der Waals surface area contributed by atoms with E-state index < -0.39 is 14.1 Å². The number of hydrogen-bond donors (Lipinski definition) is 0. The Balaban J connectivity index is 0.919. The number of ether oxygens (including phenoxy) is 1. The summed E-state index contributed by atoms with van der Waals surface area (Å²) < 4.78 is 52.5. The van der Waals surface area contributed by atoms with Gasteiger partial charge in [-0.3, -0.25) is 4.90 Å². The molecule has 436 valence electrons. The summed E-state index contributed by atoms with van der Waals surface area (Å²) in [6, 6.07) is 72.7. The Morgan fingerprint density at radius 1 is 0.386 bits per heavy atom. The Hall–Kier alpha value is -9.23. The second-order valence-corrected chi connectivity index (χ2v) is 31.8. The van der Waals surface area contributed by atoms with Crippen LogP contribution in [0.4, 0.5) is 39.9 Å². The first-order valence-electron chi connectivity index (χ1n) is 33.4. The molecule has 0 saturated carbocycles. The zero-order chi connectivity index (χ0) is 65.4. The minimum atomic E-state index is -3.08. The van der Waals surface area contributed by atoms with Gasteiger partial charge in [-0.1, -0.05) is 253 Å². The van der Waals surface area contributed by atoms with Crippen LogP contribution in [-0.2, 0) is 21.7 Å². The van der Waals surface area contributed by atoms with E-state index in [4.69, 9.17) is 13.8 Å². The van der Waals surface area contributed by atoms with Crippen LogP contribution in [0.15, 0.2) is 243 Å². The van der Waals surface area contributed by atoms with E-state index in [0.717, 1.165) is 67.8 Å². The molecule has 0 radical (unpaired) electrons. The Bertz CT molecular complexity index is 4750. The second-order valence-electron chi connectivity index (χ2n) is 28.2. The number of rotatable bonds is 8. The zero-order valence-electron chi connectivity index (χ0n) is 57.6. The number of aromatic nitrogens is 1. The fourth-order valence-electron chi connectivity index (χ4n) is 13.6. The van der Waals surface area contributed by atoms with E-state index in [0.29, 0.717) is 23.7 Å². The highest BCUT2D eigenvalue weighted by Gasteiger charge is 2.55. The van der Waals surface area contributed by atoms with Crippen LogP contribution in [0.1, 0.15) is 112 Å². The highest BCUT2D eigenvalue weighted by molar-refractivity contribution is 7.23. The lowest BCUT2D eigenvalue weighted by Crippen LogP contribution is -2.75. The van der Waals surface area contributed by atoms with Crippen molar-refractivity contribution in [1.29, 1.82) is 0 Å². The summed E-state index contributed by atoms with van der Waals surface area (Å²) in [5.41, 5.74) is 17.3. The number of para-hydroxylation sites is 4. The molecule has 3 aliphatic heterocycles. The Morgan fingerprint density at radius 2 is 0.932 bits per heavy atom. The van der Waals surface area contributed by atoms with Gasteiger partial charge in [-0.25, -0.2) is 4.98 Å². The predicted octanol–water partition coefficient (Wildman–Crippen LogP) is 19.5. The number of hydrogen-bond acceptors (Lipinski definition) is 5. The van der Waals surface area contributed by atoms with Crippen LogP contribution >= 0.6 is 0 Å². The largest absolute Gasteiger partial charge is 0.457 e. The predicted molar refractivity (Wildman–Crippen MR) is 375 cm³/mol. The number of pyridine rings is 1. The molecule has 5 nitrogen and oxygen atoms in total. The first-order valence-corrected chi connectivity index (χ1v) is 32.9. The molecule has 0 aliphatic carbocycles. The van der Waals surface area contributed by atoms with Crippen LogP contribution in [0.25, 0.3) is 44.5 Å². The van der Waals surface area contributed by atoms with E-state index in [2.05, 4.69) is 262 Å². The lowest BCUT2D eigenvalue weighted by atomic mass is 9.82. The van der Waals surface area contributed by atoms with Gasteiger partial charge < -0.3 is 14.5 Å². The number of nitrogens with zero attached hydrogens (tertiary/aromatic N) is 4. The van der Waals surface area contributed by atoms with E-state index in [1.807, 2.05) is 48.7 Å². The van der Waals surface area contributed by atoms with Gasteiger partial charge in [0.25, 0.3) is 0 Å². The van der Waals surface area contributed by atoms with Gasteiger partial charge in [0.2, 0.25) is 0 Å². The molecule has 10 aromatic carbocycles. The van der Waals surface area contributed by atoms with Gasteiger partial charge in [-0.2, -0.15) is 0 Å². The third-order valence-corrected chi connectivity index (χ3v) is 23.2. The first-order chi connectivity index (χ1) is 44.2. The summed E-state index contributed by atoms with van der Waals surface area (Å²) in [6.07, 6.45) is 1.95. The summed E-state index contributed by atoms with van der Waals surface area (Å²) in [4.78, 5) is 12.1. The lowest BCUT2D eigenvalue weighted by Gasteiger charge is -2.43. The quantitative estimate of drug-likeness (QED) is 0.142. The SMILES string of the molecule is [2H]c1c([2H])c([2H])c(-c2cccc(-c3cc(-c4ccccc4)cc(C(C)(C)C)c3)c2N2CN(c3cccc(Oc4ccc5c(c4)N(c4cc(C(C)(C)C)ccn4)c4ccccc4[Si]54c5ccc(C(C)(C)C)cc5-c5cc(C(C)(C)C)ccc54)c3)c3ccccc32)c([2H])c1[2H]. The van der Waals surface area contributed by atoms with Crippen LogP contribution in [0.2, 0.25) is 0 Å². The average molecular weight is 1170 g/mol. The summed E-state index contributed by atoms with van der Waals surface area (Å²) in [5, 5.41) is 5.38.